The monoisotopic (exact) mass is 420 g/mol. The Labute approximate surface area is 167 Å². The molecular weight excluding hydrogens is 400 g/mol. The topological polar surface area (TPSA) is 125 Å². The molecule has 1 aliphatic heterocycles. The van der Waals surface area contributed by atoms with E-state index in [0.717, 1.165) is 18.9 Å². The minimum Gasteiger partial charge on any atom is -0.486 e. The smallest absolute Gasteiger partial charge is 0.312 e. The molecule has 2 aromatic rings. The Kier molecular flexibility index (Phi) is 6.45. The molecule has 0 spiro atoms. The van der Waals surface area contributed by atoms with Gasteiger partial charge in [-0.25, -0.2) is 13.1 Å². The van der Waals surface area contributed by atoms with Crippen LogP contribution in [-0.4, -0.2) is 39.1 Å². The van der Waals surface area contributed by atoms with Crippen LogP contribution in [0.5, 0.6) is 5.75 Å². The van der Waals surface area contributed by atoms with Crippen molar-refractivity contribution in [3.8, 4) is 5.75 Å². The summed E-state index contributed by atoms with van der Waals surface area (Å²) in [5, 5.41) is 11.4. The molecule has 29 heavy (non-hydrogen) atoms. The molecule has 0 aliphatic carbocycles. The summed E-state index contributed by atoms with van der Waals surface area (Å²) in [6, 6.07) is 11.1. The second-order valence-electron chi connectivity index (χ2n) is 6.58. The van der Waals surface area contributed by atoms with Gasteiger partial charge in [0.15, 0.2) is 5.75 Å². The van der Waals surface area contributed by atoms with Crippen LogP contribution in [0.2, 0.25) is 0 Å². The van der Waals surface area contributed by atoms with Gasteiger partial charge in [0.2, 0.25) is 0 Å². The SMILES string of the molecule is O=C(NS(=O)(=O)c1ccc(OCC2CCCOC2)c([N+](=O)[O-])c1)c1ccccc1. The van der Waals surface area contributed by atoms with E-state index in [9.17, 15) is 23.3 Å². The van der Waals surface area contributed by atoms with Crippen molar-refractivity contribution >= 4 is 21.6 Å². The number of carbonyl (C=O) groups excluding carboxylic acids is 1. The van der Waals surface area contributed by atoms with Crippen LogP contribution in [0.4, 0.5) is 5.69 Å². The molecule has 1 fully saturated rings. The van der Waals surface area contributed by atoms with Gasteiger partial charge in [0.1, 0.15) is 0 Å². The number of benzene rings is 2. The van der Waals surface area contributed by atoms with Gasteiger partial charge in [-0.2, -0.15) is 0 Å². The van der Waals surface area contributed by atoms with Gasteiger partial charge in [-0.1, -0.05) is 18.2 Å². The van der Waals surface area contributed by atoms with Gasteiger partial charge in [0.05, 0.1) is 23.0 Å². The van der Waals surface area contributed by atoms with Gasteiger partial charge in [-0.05, 0) is 37.1 Å². The molecule has 0 radical (unpaired) electrons. The van der Waals surface area contributed by atoms with E-state index in [1.54, 1.807) is 18.2 Å². The van der Waals surface area contributed by atoms with Gasteiger partial charge in [-0.15, -0.1) is 0 Å². The molecule has 0 aromatic heterocycles. The number of nitrogens with zero attached hydrogens (tertiary/aromatic N) is 1. The van der Waals surface area contributed by atoms with Crippen LogP contribution in [-0.2, 0) is 14.8 Å². The highest BCUT2D eigenvalue weighted by atomic mass is 32.2. The van der Waals surface area contributed by atoms with Crippen LogP contribution >= 0.6 is 0 Å². The summed E-state index contributed by atoms with van der Waals surface area (Å²) in [7, 11) is -4.30. The number of amides is 1. The molecule has 1 N–H and O–H groups in total. The predicted octanol–water partition coefficient (Wildman–Crippen LogP) is 2.52. The molecule has 154 valence electrons. The number of rotatable bonds is 7. The molecule has 0 saturated carbocycles. The summed E-state index contributed by atoms with van der Waals surface area (Å²) in [5.41, 5.74) is -0.336. The second-order valence-corrected chi connectivity index (χ2v) is 8.26. The number of carbonyl (C=O) groups is 1. The Bertz CT molecular complexity index is 987. The van der Waals surface area contributed by atoms with E-state index in [-0.39, 0.29) is 23.8 Å². The van der Waals surface area contributed by atoms with Crippen molar-refractivity contribution in [2.45, 2.75) is 17.7 Å². The lowest BCUT2D eigenvalue weighted by atomic mass is 10.0. The molecule has 2 aromatic carbocycles. The van der Waals surface area contributed by atoms with E-state index in [1.165, 1.54) is 24.3 Å². The molecule has 1 saturated heterocycles. The Morgan fingerprint density at radius 1 is 1.24 bits per heavy atom. The number of hydrogen-bond donors (Lipinski definition) is 1. The minimum atomic E-state index is -4.30. The van der Waals surface area contributed by atoms with Gasteiger partial charge < -0.3 is 9.47 Å². The molecular formula is C19H20N2O7S. The standard InChI is InChI=1S/C19H20N2O7S/c22-19(15-6-2-1-3-7-15)20-29(25,26)16-8-9-18(17(11-16)21(23)24)28-13-14-5-4-10-27-12-14/h1-3,6-9,11,14H,4-5,10,12-13H2,(H,20,22). The van der Waals surface area contributed by atoms with E-state index in [2.05, 4.69) is 0 Å². The Hall–Kier alpha value is -2.98. The fourth-order valence-corrected chi connectivity index (χ4v) is 3.90. The third-order valence-electron chi connectivity index (χ3n) is 4.43. The van der Waals surface area contributed by atoms with E-state index in [1.807, 2.05) is 4.72 Å². The number of nitrogens with one attached hydrogen (secondary N) is 1. The van der Waals surface area contributed by atoms with Crippen molar-refractivity contribution in [2.75, 3.05) is 19.8 Å². The number of nitro benzene ring substituents is 1. The normalized spacial score (nSPS) is 16.8. The van der Waals surface area contributed by atoms with Crippen molar-refractivity contribution in [1.29, 1.82) is 0 Å². The van der Waals surface area contributed by atoms with Crippen LogP contribution in [0.3, 0.4) is 0 Å². The highest BCUT2D eigenvalue weighted by molar-refractivity contribution is 7.90. The van der Waals surface area contributed by atoms with Crippen LogP contribution in [0, 0.1) is 16.0 Å². The van der Waals surface area contributed by atoms with Crippen LogP contribution < -0.4 is 9.46 Å². The minimum absolute atomic E-state index is 0.0334. The van der Waals surface area contributed by atoms with E-state index in [0.29, 0.717) is 13.2 Å². The van der Waals surface area contributed by atoms with E-state index in [4.69, 9.17) is 9.47 Å². The summed E-state index contributed by atoms with van der Waals surface area (Å²) >= 11 is 0. The summed E-state index contributed by atoms with van der Waals surface area (Å²) in [6.45, 7) is 1.45. The molecule has 10 heteroatoms. The number of hydrogen-bond acceptors (Lipinski definition) is 7. The zero-order valence-electron chi connectivity index (χ0n) is 15.4. The third-order valence-corrected chi connectivity index (χ3v) is 5.76. The van der Waals surface area contributed by atoms with Gasteiger partial charge in [0, 0.05) is 24.2 Å². The molecule has 1 heterocycles. The Morgan fingerprint density at radius 3 is 2.66 bits per heavy atom. The zero-order valence-corrected chi connectivity index (χ0v) is 16.3. The van der Waals surface area contributed by atoms with E-state index >= 15 is 0 Å². The molecule has 0 bridgehead atoms. The first-order valence-corrected chi connectivity index (χ1v) is 10.5. The molecule has 3 rings (SSSR count). The summed E-state index contributed by atoms with van der Waals surface area (Å²) in [4.78, 5) is 22.4. The largest absolute Gasteiger partial charge is 0.486 e. The second kappa shape index (κ2) is 9.01. The lowest BCUT2D eigenvalue weighted by Gasteiger charge is -2.22. The number of ether oxygens (including phenoxy) is 2. The van der Waals surface area contributed by atoms with Gasteiger partial charge in [-0.3, -0.25) is 14.9 Å². The average molecular weight is 420 g/mol. The molecule has 1 aliphatic rings. The van der Waals surface area contributed by atoms with Crippen LogP contribution in [0.25, 0.3) is 0 Å². The summed E-state index contributed by atoms with van der Waals surface area (Å²) in [6.07, 6.45) is 1.79. The molecule has 9 nitrogen and oxygen atoms in total. The Balaban J connectivity index is 1.77. The molecule has 1 unspecified atom stereocenters. The van der Waals surface area contributed by atoms with Gasteiger partial charge in [0.25, 0.3) is 15.9 Å². The van der Waals surface area contributed by atoms with Crippen LogP contribution in [0.15, 0.2) is 53.4 Å². The first kappa shape index (κ1) is 20.7. The quantitative estimate of drug-likeness (QED) is 0.539. The highest BCUT2D eigenvalue weighted by Gasteiger charge is 2.25. The fourth-order valence-electron chi connectivity index (χ4n) is 2.90. The molecule has 1 atom stereocenters. The lowest BCUT2D eigenvalue weighted by Crippen LogP contribution is -2.30. The molecule has 1 amide bonds. The summed E-state index contributed by atoms with van der Waals surface area (Å²) < 4.78 is 37.8. The maximum absolute atomic E-state index is 12.5. The zero-order chi connectivity index (χ0) is 20.9. The maximum atomic E-state index is 12.5. The van der Waals surface area contributed by atoms with Crippen molar-refractivity contribution in [2.24, 2.45) is 5.92 Å². The summed E-state index contributed by atoms with van der Waals surface area (Å²) in [5.74, 6) is -0.739. The predicted molar refractivity (Wildman–Crippen MR) is 103 cm³/mol. The highest BCUT2D eigenvalue weighted by Crippen LogP contribution is 2.30. The fraction of sp³-hybridized carbons (Fsp3) is 0.316. The third kappa shape index (κ3) is 5.30. The van der Waals surface area contributed by atoms with Crippen molar-refractivity contribution in [1.82, 2.24) is 4.72 Å². The van der Waals surface area contributed by atoms with Crippen LogP contribution in [0.1, 0.15) is 23.2 Å². The average Bonchev–Trinajstić information content (AvgIpc) is 2.73. The first-order chi connectivity index (χ1) is 13.9. The number of sulfonamides is 1. The van der Waals surface area contributed by atoms with Gasteiger partial charge >= 0.3 is 5.69 Å². The Morgan fingerprint density at radius 2 is 2.00 bits per heavy atom. The first-order valence-electron chi connectivity index (χ1n) is 8.98. The lowest BCUT2D eigenvalue weighted by molar-refractivity contribution is -0.386. The van der Waals surface area contributed by atoms with Crippen molar-refractivity contribution < 1.29 is 27.6 Å². The van der Waals surface area contributed by atoms with E-state index < -0.39 is 31.4 Å². The number of nitro groups is 1. The van der Waals surface area contributed by atoms with Crippen molar-refractivity contribution in [3.05, 3.63) is 64.2 Å². The maximum Gasteiger partial charge on any atom is 0.312 e. The van der Waals surface area contributed by atoms with Crippen molar-refractivity contribution in [3.63, 3.8) is 0 Å².